The predicted molar refractivity (Wildman–Crippen MR) is 65.1 cm³/mol. The van der Waals surface area contributed by atoms with Crippen LogP contribution in [0.5, 0.6) is 0 Å². The molecule has 2 rings (SSSR count). The molecule has 5 nitrogen and oxygen atoms in total. The number of nitrogens with two attached hydrogens (primary N) is 2. The first-order valence-corrected chi connectivity index (χ1v) is 5.55. The van der Waals surface area contributed by atoms with Crippen LogP contribution in [-0.2, 0) is 4.74 Å². The number of pyridine rings is 1. The number of nitrogen functional groups attached to an aromatic ring is 2. The van der Waals surface area contributed by atoms with E-state index in [0.717, 1.165) is 25.3 Å². The Morgan fingerprint density at radius 3 is 2.94 bits per heavy atom. The average molecular weight is 222 g/mol. The molecule has 1 aliphatic rings. The van der Waals surface area contributed by atoms with Crippen molar-refractivity contribution in [2.75, 3.05) is 23.4 Å². The maximum Gasteiger partial charge on any atom is 0.149 e. The van der Waals surface area contributed by atoms with Gasteiger partial charge in [-0.15, -0.1) is 0 Å². The van der Waals surface area contributed by atoms with Crippen molar-refractivity contribution in [2.24, 2.45) is 0 Å². The van der Waals surface area contributed by atoms with E-state index >= 15 is 0 Å². The van der Waals surface area contributed by atoms with Crippen LogP contribution in [0, 0.1) is 0 Å². The molecule has 1 fully saturated rings. The fourth-order valence-corrected chi connectivity index (χ4v) is 1.90. The van der Waals surface area contributed by atoms with Crippen LogP contribution in [0.3, 0.4) is 0 Å². The van der Waals surface area contributed by atoms with Gasteiger partial charge in [0.25, 0.3) is 0 Å². The summed E-state index contributed by atoms with van der Waals surface area (Å²) in [4.78, 5) is 4.19. The molecule has 5 N–H and O–H groups in total. The van der Waals surface area contributed by atoms with Crippen molar-refractivity contribution < 1.29 is 4.74 Å². The van der Waals surface area contributed by atoms with E-state index in [9.17, 15) is 0 Å². The van der Waals surface area contributed by atoms with Crippen LogP contribution in [0.4, 0.5) is 17.3 Å². The van der Waals surface area contributed by atoms with Gasteiger partial charge in [-0.2, -0.15) is 0 Å². The minimum atomic E-state index is 0.303. The molecule has 0 radical (unpaired) electrons. The molecule has 1 aromatic rings. The van der Waals surface area contributed by atoms with E-state index in [2.05, 4.69) is 17.2 Å². The number of rotatable bonds is 2. The Kier molecular flexibility index (Phi) is 3.14. The molecule has 1 saturated heterocycles. The maximum atomic E-state index is 5.65. The molecule has 16 heavy (non-hydrogen) atoms. The van der Waals surface area contributed by atoms with Gasteiger partial charge in [0.2, 0.25) is 0 Å². The summed E-state index contributed by atoms with van der Waals surface area (Å²) in [5.41, 5.74) is 11.8. The highest BCUT2D eigenvalue weighted by atomic mass is 16.5. The molecular formula is C11H18N4O. The molecule has 1 aromatic heterocycles. The highest BCUT2D eigenvalue weighted by Crippen LogP contribution is 2.20. The standard InChI is InChI=1S/C11H18N4O/c1-7-6-8(4-5-16-7)14-10-3-2-9(12)11(13)15-10/h2-3,7-8H,4-6,12H2,1H3,(H3,13,14,15). The molecule has 0 aliphatic carbocycles. The van der Waals surface area contributed by atoms with E-state index in [4.69, 9.17) is 16.2 Å². The second kappa shape index (κ2) is 4.57. The van der Waals surface area contributed by atoms with Gasteiger partial charge >= 0.3 is 0 Å². The first-order valence-electron chi connectivity index (χ1n) is 5.55. The zero-order valence-corrected chi connectivity index (χ0v) is 9.44. The van der Waals surface area contributed by atoms with Crippen LogP contribution < -0.4 is 16.8 Å². The van der Waals surface area contributed by atoms with Crippen LogP contribution in [-0.4, -0.2) is 23.7 Å². The summed E-state index contributed by atoms with van der Waals surface area (Å²) < 4.78 is 5.48. The number of hydrogen-bond donors (Lipinski definition) is 3. The Morgan fingerprint density at radius 2 is 2.25 bits per heavy atom. The fraction of sp³-hybridized carbons (Fsp3) is 0.545. The van der Waals surface area contributed by atoms with Crippen molar-refractivity contribution in [3.63, 3.8) is 0 Å². The van der Waals surface area contributed by atoms with Crippen molar-refractivity contribution in [3.05, 3.63) is 12.1 Å². The van der Waals surface area contributed by atoms with Gasteiger partial charge in [0, 0.05) is 12.6 Å². The lowest BCUT2D eigenvalue weighted by molar-refractivity contribution is 0.0232. The third-order valence-corrected chi connectivity index (χ3v) is 2.79. The van der Waals surface area contributed by atoms with Gasteiger partial charge in [-0.05, 0) is 31.9 Å². The van der Waals surface area contributed by atoms with Gasteiger partial charge in [0.1, 0.15) is 11.6 Å². The number of ether oxygens (including phenoxy) is 1. The lowest BCUT2D eigenvalue weighted by Crippen LogP contribution is -2.32. The first-order chi connectivity index (χ1) is 7.65. The summed E-state index contributed by atoms with van der Waals surface area (Å²) in [6.45, 7) is 2.88. The molecule has 88 valence electrons. The van der Waals surface area contributed by atoms with Crippen LogP contribution in [0.25, 0.3) is 0 Å². The summed E-state index contributed by atoms with van der Waals surface area (Å²) in [5.74, 6) is 1.16. The zero-order valence-electron chi connectivity index (χ0n) is 9.44. The summed E-state index contributed by atoms with van der Waals surface area (Å²) in [6, 6.07) is 4.03. The highest BCUT2D eigenvalue weighted by molar-refractivity contribution is 5.61. The minimum Gasteiger partial charge on any atom is -0.396 e. The molecule has 5 heteroatoms. The Balaban J connectivity index is 2.00. The quantitative estimate of drug-likeness (QED) is 0.700. The Hall–Kier alpha value is -1.49. The number of hydrogen-bond acceptors (Lipinski definition) is 5. The largest absolute Gasteiger partial charge is 0.396 e. The van der Waals surface area contributed by atoms with Gasteiger partial charge < -0.3 is 21.5 Å². The molecule has 0 spiro atoms. The van der Waals surface area contributed by atoms with E-state index in [1.165, 1.54) is 0 Å². The molecule has 2 unspecified atom stereocenters. The summed E-state index contributed by atoms with van der Waals surface area (Å²) in [5, 5.41) is 3.35. The van der Waals surface area contributed by atoms with Crippen molar-refractivity contribution in [1.29, 1.82) is 0 Å². The van der Waals surface area contributed by atoms with Crippen molar-refractivity contribution in [3.8, 4) is 0 Å². The molecule has 2 heterocycles. The third kappa shape index (κ3) is 2.55. The maximum absolute atomic E-state index is 5.65. The Morgan fingerprint density at radius 1 is 1.44 bits per heavy atom. The van der Waals surface area contributed by atoms with Crippen LogP contribution in [0.2, 0.25) is 0 Å². The van der Waals surface area contributed by atoms with E-state index in [1.807, 2.05) is 6.07 Å². The first kappa shape index (κ1) is 11.0. The Bertz CT molecular complexity index is 369. The van der Waals surface area contributed by atoms with E-state index in [1.54, 1.807) is 6.07 Å². The summed E-state index contributed by atoms with van der Waals surface area (Å²) in [7, 11) is 0. The molecule has 0 aromatic carbocycles. The lowest BCUT2D eigenvalue weighted by Gasteiger charge is -2.28. The number of nitrogens with zero attached hydrogens (tertiary/aromatic N) is 1. The summed E-state index contributed by atoms with van der Waals surface area (Å²) in [6.07, 6.45) is 2.29. The third-order valence-electron chi connectivity index (χ3n) is 2.79. The van der Waals surface area contributed by atoms with E-state index in [0.29, 0.717) is 23.7 Å². The topological polar surface area (TPSA) is 86.2 Å². The lowest BCUT2D eigenvalue weighted by atomic mass is 10.0. The fourth-order valence-electron chi connectivity index (χ4n) is 1.90. The van der Waals surface area contributed by atoms with Crippen LogP contribution in [0.1, 0.15) is 19.8 Å². The Labute approximate surface area is 95.2 Å². The van der Waals surface area contributed by atoms with Crippen molar-refractivity contribution in [1.82, 2.24) is 4.98 Å². The van der Waals surface area contributed by atoms with Gasteiger partial charge in [-0.3, -0.25) is 0 Å². The monoisotopic (exact) mass is 222 g/mol. The number of anilines is 3. The van der Waals surface area contributed by atoms with Crippen molar-refractivity contribution in [2.45, 2.75) is 31.9 Å². The second-order valence-electron chi connectivity index (χ2n) is 4.22. The van der Waals surface area contributed by atoms with E-state index < -0.39 is 0 Å². The summed E-state index contributed by atoms with van der Waals surface area (Å²) >= 11 is 0. The second-order valence-corrected chi connectivity index (χ2v) is 4.22. The van der Waals surface area contributed by atoms with Crippen LogP contribution >= 0.6 is 0 Å². The minimum absolute atomic E-state index is 0.303. The molecule has 2 atom stereocenters. The van der Waals surface area contributed by atoms with Gasteiger partial charge in [-0.1, -0.05) is 0 Å². The molecule has 1 aliphatic heterocycles. The molecule has 0 saturated carbocycles. The van der Waals surface area contributed by atoms with Crippen molar-refractivity contribution >= 4 is 17.3 Å². The SMILES string of the molecule is CC1CC(Nc2ccc(N)c(N)n2)CCO1. The number of aromatic nitrogens is 1. The van der Waals surface area contributed by atoms with E-state index in [-0.39, 0.29) is 0 Å². The normalized spacial score (nSPS) is 25.3. The highest BCUT2D eigenvalue weighted by Gasteiger charge is 2.19. The number of nitrogens with one attached hydrogen (secondary N) is 1. The van der Waals surface area contributed by atoms with Gasteiger partial charge in [-0.25, -0.2) is 4.98 Å². The zero-order chi connectivity index (χ0) is 11.5. The molecule has 0 amide bonds. The molecular weight excluding hydrogens is 204 g/mol. The smallest absolute Gasteiger partial charge is 0.149 e. The van der Waals surface area contributed by atoms with Crippen LogP contribution in [0.15, 0.2) is 12.1 Å². The average Bonchev–Trinajstić information content (AvgIpc) is 2.24. The van der Waals surface area contributed by atoms with Gasteiger partial charge in [0.15, 0.2) is 0 Å². The predicted octanol–water partition coefficient (Wildman–Crippen LogP) is 1.23. The molecule has 0 bridgehead atoms. The van der Waals surface area contributed by atoms with Gasteiger partial charge in [0.05, 0.1) is 11.8 Å².